The van der Waals surface area contributed by atoms with E-state index in [4.69, 9.17) is 5.11 Å². The maximum atomic E-state index is 11.7. The number of hydrogen-bond donors (Lipinski definition) is 2. The molecule has 0 spiro atoms. The van der Waals surface area contributed by atoms with Crippen LogP contribution in [0.2, 0.25) is 0 Å². The quantitative estimate of drug-likeness (QED) is 0.682. The lowest BCUT2D eigenvalue weighted by atomic mass is 10.0. The number of aromatic carboxylic acids is 1. The minimum Gasteiger partial charge on any atom is -0.476 e. The second kappa shape index (κ2) is 9.05. The van der Waals surface area contributed by atoms with E-state index in [1.165, 1.54) is 25.5 Å². The zero-order chi connectivity index (χ0) is 15.7. The fourth-order valence-electron chi connectivity index (χ4n) is 1.88. The standard InChI is InChI=1S/C15H23N3O3/c1-11(2)7-5-3-4-6-8-16-14(19)12-9-18-13(10-17-12)15(20)21/h9-11H,3-8H2,1-2H3,(H,16,19)(H,20,21). The van der Waals surface area contributed by atoms with Crippen LogP contribution in [-0.2, 0) is 0 Å². The van der Waals surface area contributed by atoms with E-state index in [1.807, 2.05) is 0 Å². The first-order chi connectivity index (χ1) is 10.0. The van der Waals surface area contributed by atoms with E-state index in [-0.39, 0.29) is 17.3 Å². The molecule has 6 nitrogen and oxygen atoms in total. The fraction of sp³-hybridized carbons (Fsp3) is 0.600. The molecule has 0 aliphatic heterocycles. The smallest absolute Gasteiger partial charge is 0.356 e. The van der Waals surface area contributed by atoms with E-state index in [1.54, 1.807) is 0 Å². The number of nitrogens with one attached hydrogen (secondary N) is 1. The number of rotatable bonds is 9. The Balaban J connectivity index is 2.20. The molecule has 0 saturated heterocycles. The van der Waals surface area contributed by atoms with Crippen molar-refractivity contribution in [3.63, 3.8) is 0 Å². The van der Waals surface area contributed by atoms with Gasteiger partial charge in [0, 0.05) is 6.54 Å². The van der Waals surface area contributed by atoms with Crippen LogP contribution in [0, 0.1) is 5.92 Å². The molecule has 0 bridgehead atoms. The zero-order valence-corrected chi connectivity index (χ0v) is 12.6. The lowest BCUT2D eigenvalue weighted by molar-refractivity contribution is 0.0689. The molecule has 0 aliphatic rings. The minimum absolute atomic E-state index is 0.139. The molecule has 2 N–H and O–H groups in total. The number of nitrogens with zero attached hydrogens (tertiary/aromatic N) is 2. The van der Waals surface area contributed by atoms with Gasteiger partial charge in [-0.25, -0.2) is 14.8 Å². The molecule has 1 heterocycles. The van der Waals surface area contributed by atoms with Gasteiger partial charge in [-0.2, -0.15) is 0 Å². The predicted molar refractivity (Wildman–Crippen MR) is 79.2 cm³/mol. The van der Waals surface area contributed by atoms with Crippen LogP contribution in [0.1, 0.15) is 66.9 Å². The summed E-state index contributed by atoms with van der Waals surface area (Å²) in [6, 6.07) is 0. The molecule has 0 aromatic carbocycles. The van der Waals surface area contributed by atoms with E-state index in [0.717, 1.165) is 25.0 Å². The summed E-state index contributed by atoms with van der Waals surface area (Å²) in [7, 11) is 0. The van der Waals surface area contributed by atoms with Crippen LogP contribution in [0.15, 0.2) is 12.4 Å². The first kappa shape index (κ1) is 17.1. The first-order valence-electron chi connectivity index (χ1n) is 7.34. The van der Waals surface area contributed by atoms with Gasteiger partial charge in [0.05, 0.1) is 12.4 Å². The van der Waals surface area contributed by atoms with E-state index < -0.39 is 5.97 Å². The van der Waals surface area contributed by atoms with Gasteiger partial charge in [0.1, 0.15) is 5.69 Å². The lowest BCUT2D eigenvalue weighted by Crippen LogP contribution is -2.25. The second-order valence-corrected chi connectivity index (χ2v) is 5.44. The number of carbonyl (C=O) groups is 2. The largest absolute Gasteiger partial charge is 0.476 e. The highest BCUT2D eigenvalue weighted by Crippen LogP contribution is 2.09. The van der Waals surface area contributed by atoms with Gasteiger partial charge < -0.3 is 10.4 Å². The highest BCUT2D eigenvalue weighted by atomic mass is 16.4. The molecule has 0 fully saturated rings. The maximum Gasteiger partial charge on any atom is 0.356 e. The van der Waals surface area contributed by atoms with Crippen molar-refractivity contribution >= 4 is 11.9 Å². The Kier molecular flexibility index (Phi) is 7.36. The fourth-order valence-corrected chi connectivity index (χ4v) is 1.88. The van der Waals surface area contributed by atoms with Crippen LogP contribution in [0.25, 0.3) is 0 Å². The molecule has 0 aliphatic carbocycles. The zero-order valence-electron chi connectivity index (χ0n) is 12.6. The Morgan fingerprint density at radius 2 is 1.71 bits per heavy atom. The van der Waals surface area contributed by atoms with Crippen molar-refractivity contribution < 1.29 is 14.7 Å². The summed E-state index contributed by atoms with van der Waals surface area (Å²) >= 11 is 0. The van der Waals surface area contributed by atoms with E-state index in [9.17, 15) is 9.59 Å². The Morgan fingerprint density at radius 1 is 1.10 bits per heavy atom. The summed E-state index contributed by atoms with van der Waals surface area (Å²) in [5.74, 6) is -0.727. The molecular weight excluding hydrogens is 270 g/mol. The minimum atomic E-state index is -1.16. The Morgan fingerprint density at radius 3 is 2.29 bits per heavy atom. The van der Waals surface area contributed by atoms with Crippen molar-refractivity contribution in [3.05, 3.63) is 23.8 Å². The molecule has 116 valence electrons. The van der Waals surface area contributed by atoms with E-state index in [2.05, 4.69) is 29.1 Å². The molecule has 0 saturated carbocycles. The van der Waals surface area contributed by atoms with Crippen molar-refractivity contribution in [3.8, 4) is 0 Å². The summed E-state index contributed by atoms with van der Waals surface area (Å²) in [5.41, 5.74) is -0.0310. The number of aromatic nitrogens is 2. The number of hydrogen-bond acceptors (Lipinski definition) is 4. The SMILES string of the molecule is CC(C)CCCCCCNC(=O)c1cnc(C(=O)O)cn1. The van der Waals surface area contributed by atoms with Gasteiger partial charge in [0.2, 0.25) is 0 Å². The van der Waals surface area contributed by atoms with Gasteiger partial charge >= 0.3 is 5.97 Å². The summed E-state index contributed by atoms with van der Waals surface area (Å²) in [4.78, 5) is 29.8. The Labute approximate surface area is 125 Å². The number of unbranched alkanes of at least 4 members (excludes halogenated alkanes) is 3. The average molecular weight is 293 g/mol. The second-order valence-electron chi connectivity index (χ2n) is 5.44. The molecule has 0 unspecified atom stereocenters. The molecule has 1 rings (SSSR count). The summed E-state index contributed by atoms with van der Waals surface area (Å²) in [6.07, 6.45) is 7.96. The third-order valence-corrected chi connectivity index (χ3v) is 3.10. The van der Waals surface area contributed by atoms with Gasteiger partial charge in [-0.1, -0.05) is 39.5 Å². The molecule has 0 radical (unpaired) electrons. The summed E-state index contributed by atoms with van der Waals surface area (Å²) in [5, 5.41) is 11.4. The van der Waals surface area contributed by atoms with E-state index >= 15 is 0 Å². The van der Waals surface area contributed by atoms with E-state index in [0.29, 0.717) is 6.54 Å². The molecule has 1 amide bonds. The van der Waals surface area contributed by atoms with Crippen LogP contribution in [-0.4, -0.2) is 33.5 Å². The van der Waals surface area contributed by atoms with Gasteiger partial charge in [-0.05, 0) is 12.3 Å². The highest BCUT2D eigenvalue weighted by Gasteiger charge is 2.09. The van der Waals surface area contributed by atoms with Crippen LogP contribution in [0.4, 0.5) is 0 Å². The normalized spacial score (nSPS) is 10.6. The van der Waals surface area contributed by atoms with Crippen molar-refractivity contribution in [1.82, 2.24) is 15.3 Å². The molecule has 0 atom stereocenters. The number of carboxylic acid groups (broad SMARTS) is 1. The highest BCUT2D eigenvalue weighted by molar-refractivity contribution is 5.92. The Hall–Kier alpha value is -1.98. The topological polar surface area (TPSA) is 92.2 Å². The Bertz CT molecular complexity index is 458. The lowest BCUT2D eigenvalue weighted by Gasteiger charge is -2.06. The predicted octanol–water partition coefficient (Wildman–Crippen LogP) is 2.51. The maximum absolute atomic E-state index is 11.7. The van der Waals surface area contributed by atoms with Gasteiger partial charge in [0.15, 0.2) is 5.69 Å². The van der Waals surface area contributed by atoms with Crippen LogP contribution in [0.5, 0.6) is 0 Å². The van der Waals surface area contributed by atoms with Crippen LogP contribution >= 0.6 is 0 Å². The van der Waals surface area contributed by atoms with Crippen molar-refractivity contribution in [1.29, 1.82) is 0 Å². The van der Waals surface area contributed by atoms with Crippen molar-refractivity contribution in [2.75, 3.05) is 6.54 Å². The molecule has 6 heteroatoms. The van der Waals surface area contributed by atoms with Crippen molar-refractivity contribution in [2.24, 2.45) is 5.92 Å². The number of amides is 1. The van der Waals surface area contributed by atoms with Gasteiger partial charge in [-0.3, -0.25) is 4.79 Å². The molecule has 1 aromatic heterocycles. The monoisotopic (exact) mass is 293 g/mol. The number of carboxylic acids is 1. The average Bonchev–Trinajstić information content (AvgIpc) is 2.45. The van der Waals surface area contributed by atoms with Gasteiger partial charge in [0.25, 0.3) is 5.91 Å². The third-order valence-electron chi connectivity index (χ3n) is 3.10. The van der Waals surface area contributed by atoms with Crippen LogP contribution < -0.4 is 5.32 Å². The number of carbonyl (C=O) groups excluding carboxylic acids is 1. The first-order valence-corrected chi connectivity index (χ1v) is 7.34. The van der Waals surface area contributed by atoms with Crippen LogP contribution in [0.3, 0.4) is 0 Å². The molecular formula is C15H23N3O3. The summed E-state index contributed by atoms with van der Waals surface area (Å²) < 4.78 is 0. The summed E-state index contributed by atoms with van der Waals surface area (Å²) in [6.45, 7) is 5.04. The van der Waals surface area contributed by atoms with Gasteiger partial charge in [-0.15, -0.1) is 0 Å². The van der Waals surface area contributed by atoms with Crippen molar-refractivity contribution in [2.45, 2.75) is 46.0 Å². The third kappa shape index (κ3) is 6.83. The molecule has 21 heavy (non-hydrogen) atoms. The molecule has 1 aromatic rings.